The maximum Gasteiger partial charge on any atom is 0.264 e. The second-order valence-electron chi connectivity index (χ2n) is 8.68. The normalized spacial score (nSPS) is 11.6. The Morgan fingerprint density at radius 2 is 1.73 bits per heavy atom. The summed E-state index contributed by atoms with van der Waals surface area (Å²) in [7, 11) is 1.69. The summed E-state index contributed by atoms with van der Waals surface area (Å²) in [4.78, 5) is 34.6. The Morgan fingerprint density at radius 3 is 2.30 bits per heavy atom. The summed E-state index contributed by atoms with van der Waals surface area (Å²) in [6.45, 7) is 11.9. The average Bonchev–Trinajstić information content (AvgIpc) is 2.95. The van der Waals surface area contributed by atoms with Gasteiger partial charge in [0.05, 0.1) is 17.1 Å². The molecule has 3 aromatic rings. The topological polar surface area (TPSA) is 83.9 Å². The fourth-order valence-electron chi connectivity index (χ4n) is 3.42. The SMILES string of the molecule is Cc1nn(-c2ccccc2)c(C)c1CN(C)C(=O)c1c(C)nc(C(C)(C)C)[nH]c1=O. The Labute approximate surface area is 176 Å². The van der Waals surface area contributed by atoms with Gasteiger partial charge >= 0.3 is 0 Å². The molecule has 0 atom stereocenters. The third-order valence-corrected chi connectivity index (χ3v) is 5.21. The number of nitrogens with zero attached hydrogens (tertiary/aromatic N) is 4. The predicted octanol–water partition coefficient (Wildman–Crippen LogP) is 3.45. The van der Waals surface area contributed by atoms with Crippen LogP contribution in [0.2, 0.25) is 0 Å². The number of para-hydroxylation sites is 1. The molecule has 7 heteroatoms. The van der Waals surface area contributed by atoms with E-state index in [1.807, 2.05) is 69.6 Å². The van der Waals surface area contributed by atoms with E-state index in [9.17, 15) is 9.59 Å². The van der Waals surface area contributed by atoms with Gasteiger partial charge in [0.25, 0.3) is 11.5 Å². The molecule has 1 aromatic carbocycles. The summed E-state index contributed by atoms with van der Waals surface area (Å²) in [5, 5.41) is 4.64. The largest absolute Gasteiger partial charge is 0.337 e. The first-order valence-corrected chi connectivity index (χ1v) is 9.98. The number of hydrogen-bond acceptors (Lipinski definition) is 4. The van der Waals surface area contributed by atoms with E-state index in [1.54, 1.807) is 18.9 Å². The molecule has 0 fully saturated rings. The number of aromatic nitrogens is 4. The average molecular weight is 408 g/mol. The number of rotatable bonds is 4. The van der Waals surface area contributed by atoms with Gasteiger partial charge in [-0.05, 0) is 32.9 Å². The summed E-state index contributed by atoms with van der Waals surface area (Å²) in [5.41, 5.74) is 3.55. The van der Waals surface area contributed by atoms with Gasteiger partial charge in [0.2, 0.25) is 0 Å². The molecule has 7 nitrogen and oxygen atoms in total. The van der Waals surface area contributed by atoms with Crippen molar-refractivity contribution in [3.63, 3.8) is 0 Å². The minimum atomic E-state index is -0.405. The molecule has 0 bridgehead atoms. The number of aryl methyl sites for hydroxylation is 2. The van der Waals surface area contributed by atoms with Gasteiger partial charge in [0, 0.05) is 30.3 Å². The number of benzene rings is 1. The van der Waals surface area contributed by atoms with Crippen LogP contribution in [0.1, 0.15) is 59.6 Å². The molecule has 0 radical (unpaired) electrons. The molecule has 1 N–H and O–H groups in total. The van der Waals surface area contributed by atoms with E-state index in [4.69, 9.17) is 0 Å². The van der Waals surface area contributed by atoms with Gasteiger partial charge < -0.3 is 9.88 Å². The van der Waals surface area contributed by atoms with Gasteiger partial charge in [0.1, 0.15) is 11.4 Å². The number of carbonyl (C=O) groups excluding carboxylic acids is 1. The Kier molecular flexibility index (Phi) is 5.65. The van der Waals surface area contributed by atoms with Crippen molar-refractivity contribution in [3.05, 3.63) is 74.7 Å². The van der Waals surface area contributed by atoms with Gasteiger partial charge in [-0.15, -0.1) is 0 Å². The minimum absolute atomic E-state index is 0.0799. The molecule has 0 saturated carbocycles. The number of carbonyl (C=O) groups is 1. The Hall–Kier alpha value is -3.22. The lowest BCUT2D eigenvalue weighted by atomic mass is 9.95. The molecular formula is C23H29N5O2. The van der Waals surface area contributed by atoms with Crippen LogP contribution < -0.4 is 5.56 Å². The lowest BCUT2D eigenvalue weighted by Crippen LogP contribution is -2.35. The highest BCUT2D eigenvalue weighted by Crippen LogP contribution is 2.21. The van der Waals surface area contributed by atoms with Crippen molar-refractivity contribution in [1.82, 2.24) is 24.6 Å². The van der Waals surface area contributed by atoms with Crippen LogP contribution in [0.5, 0.6) is 0 Å². The van der Waals surface area contributed by atoms with Gasteiger partial charge in [-0.1, -0.05) is 39.0 Å². The zero-order valence-corrected chi connectivity index (χ0v) is 18.7. The third kappa shape index (κ3) is 4.06. The maximum absolute atomic E-state index is 13.1. The van der Waals surface area contributed by atoms with E-state index < -0.39 is 5.56 Å². The lowest BCUT2D eigenvalue weighted by molar-refractivity contribution is 0.0781. The van der Waals surface area contributed by atoms with Gasteiger partial charge in [-0.3, -0.25) is 9.59 Å². The monoisotopic (exact) mass is 407 g/mol. The molecule has 0 unspecified atom stereocenters. The third-order valence-electron chi connectivity index (χ3n) is 5.21. The molecule has 158 valence electrons. The standard InChI is InChI=1S/C23H29N5O2/c1-14-18(16(3)28(26-14)17-11-9-8-10-12-17)13-27(7)21(30)19-15(2)24-22(23(4,5)6)25-20(19)29/h8-12H,13H2,1-7H3,(H,24,25,29). The fourth-order valence-corrected chi connectivity index (χ4v) is 3.42. The predicted molar refractivity (Wildman–Crippen MR) is 117 cm³/mol. The van der Waals surface area contributed by atoms with Crippen LogP contribution in [0.25, 0.3) is 5.69 Å². The van der Waals surface area contributed by atoms with E-state index >= 15 is 0 Å². The van der Waals surface area contributed by atoms with Crippen LogP contribution in [-0.4, -0.2) is 37.6 Å². The molecule has 30 heavy (non-hydrogen) atoms. The zero-order chi connectivity index (χ0) is 22.2. The minimum Gasteiger partial charge on any atom is -0.337 e. The van der Waals surface area contributed by atoms with E-state index in [0.717, 1.165) is 22.6 Å². The molecular weight excluding hydrogens is 378 g/mol. The maximum atomic E-state index is 13.1. The van der Waals surface area contributed by atoms with Crippen LogP contribution in [-0.2, 0) is 12.0 Å². The molecule has 2 heterocycles. The van der Waals surface area contributed by atoms with Crippen LogP contribution in [0, 0.1) is 20.8 Å². The Balaban J connectivity index is 1.91. The second kappa shape index (κ2) is 7.89. The molecule has 0 spiro atoms. The molecule has 3 rings (SSSR count). The highest BCUT2D eigenvalue weighted by molar-refractivity contribution is 5.94. The molecule has 0 saturated heterocycles. The summed E-state index contributed by atoms with van der Waals surface area (Å²) in [6, 6.07) is 9.86. The van der Waals surface area contributed by atoms with Crippen molar-refractivity contribution in [3.8, 4) is 5.69 Å². The van der Waals surface area contributed by atoms with E-state index in [1.165, 1.54) is 0 Å². The first-order chi connectivity index (χ1) is 14.0. The van der Waals surface area contributed by atoms with E-state index in [0.29, 0.717) is 18.1 Å². The van der Waals surface area contributed by atoms with Crippen LogP contribution in [0.4, 0.5) is 0 Å². The highest BCUT2D eigenvalue weighted by Gasteiger charge is 2.25. The number of amides is 1. The summed E-state index contributed by atoms with van der Waals surface area (Å²) >= 11 is 0. The highest BCUT2D eigenvalue weighted by atomic mass is 16.2. The fraction of sp³-hybridized carbons (Fsp3) is 0.391. The van der Waals surface area contributed by atoms with Crippen molar-refractivity contribution in [2.24, 2.45) is 0 Å². The first-order valence-electron chi connectivity index (χ1n) is 9.98. The Morgan fingerprint density at radius 1 is 1.10 bits per heavy atom. The smallest absolute Gasteiger partial charge is 0.264 e. The van der Waals surface area contributed by atoms with Gasteiger partial charge in [-0.2, -0.15) is 5.10 Å². The molecule has 0 aliphatic heterocycles. The van der Waals surface area contributed by atoms with Gasteiger partial charge in [-0.25, -0.2) is 9.67 Å². The van der Waals surface area contributed by atoms with Gasteiger partial charge in [0.15, 0.2) is 0 Å². The quantitative estimate of drug-likeness (QED) is 0.718. The lowest BCUT2D eigenvalue weighted by Gasteiger charge is -2.21. The number of hydrogen-bond donors (Lipinski definition) is 1. The van der Waals surface area contributed by atoms with Crippen LogP contribution >= 0.6 is 0 Å². The summed E-state index contributed by atoms with van der Waals surface area (Å²) in [6.07, 6.45) is 0. The first kappa shape index (κ1) is 21.5. The van der Waals surface area contributed by atoms with Crippen molar-refractivity contribution in [2.75, 3.05) is 7.05 Å². The molecule has 2 aromatic heterocycles. The van der Waals surface area contributed by atoms with Crippen molar-refractivity contribution in [2.45, 2.75) is 53.5 Å². The van der Waals surface area contributed by atoms with Crippen LogP contribution in [0.3, 0.4) is 0 Å². The van der Waals surface area contributed by atoms with Crippen LogP contribution in [0.15, 0.2) is 35.1 Å². The number of nitrogens with one attached hydrogen (secondary N) is 1. The van der Waals surface area contributed by atoms with Crippen molar-refractivity contribution in [1.29, 1.82) is 0 Å². The van der Waals surface area contributed by atoms with Crippen molar-refractivity contribution < 1.29 is 4.79 Å². The Bertz CT molecular complexity index is 1140. The molecule has 1 amide bonds. The number of aromatic amines is 1. The van der Waals surface area contributed by atoms with Crippen molar-refractivity contribution >= 4 is 5.91 Å². The molecule has 0 aliphatic rings. The zero-order valence-electron chi connectivity index (χ0n) is 18.7. The summed E-state index contributed by atoms with van der Waals surface area (Å²) in [5.74, 6) is 0.216. The molecule has 0 aliphatic carbocycles. The summed E-state index contributed by atoms with van der Waals surface area (Å²) < 4.78 is 1.88. The number of H-pyrrole nitrogens is 1. The second-order valence-corrected chi connectivity index (χ2v) is 8.68. The van der Waals surface area contributed by atoms with E-state index in [-0.39, 0.29) is 16.9 Å². The van der Waals surface area contributed by atoms with E-state index in [2.05, 4.69) is 15.1 Å².